The third-order valence-corrected chi connectivity index (χ3v) is 6.55. The Hall–Kier alpha value is -3.14. The first-order valence-corrected chi connectivity index (χ1v) is 11.5. The van der Waals surface area contributed by atoms with Crippen LogP contribution in [-0.4, -0.2) is 6.61 Å². The lowest BCUT2D eigenvalue weighted by molar-refractivity contribution is -0.190. The van der Waals surface area contributed by atoms with Gasteiger partial charge in [0.2, 0.25) is 0 Å². The summed E-state index contributed by atoms with van der Waals surface area (Å²) in [5, 5.41) is 0. The molecule has 1 aliphatic rings. The molecule has 0 radical (unpaired) electrons. The van der Waals surface area contributed by atoms with Crippen molar-refractivity contribution < 1.29 is 44.6 Å². The molecule has 3 aromatic rings. The lowest BCUT2D eigenvalue weighted by Gasteiger charge is -2.28. The van der Waals surface area contributed by atoms with Crippen molar-refractivity contribution in [3.8, 4) is 16.9 Å². The summed E-state index contributed by atoms with van der Waals surface area (Å²) in [7, 11) is 0. The highest BCUT2D eigenvalue weighted by Crippen LogP contribution is 2.40. The molecule has 10 heteroatoms. The van der Waals surface area contributed by atoms with E-state index in [1.807, 2.05) is 0 Å². The second-order valence-electron chi connectivity index (χ2n) is 8.96. The van der Waals surface area contributed by atoms with E-state index in [4.69, 9.17) is 4.74 Å². The largest absolute Gasteiger partial charge is 0.432 e. The number of hydrogen-bond acceptors (Lipinski definition) is 2. The summed E-state index contributed by atoms with van der Waals surface area (Å²) in [6.07, 6.45) is -2.51. The first-order valence-electron chi connectivity index (χ1n) is 11.5. The molecule has 0 aromatic heterocycles. The molecule has 1 heterocycles. The summed E-state index contributed by atoms with van der Waals surface area (Å²) in [6, 6.07) is 5.12. The SMILES string of the molecule is CCC1CCC(c2ccc(-c3cc(F)c(C(F)(F)Oc4cc(F)c(F)c(F)c4C)c(F)c3)c(F)c2)OC1. The zero-order chi connectivity index (χ0) is 27.1. The van der Waals surface area contributed by atoms with Crippen LogP contribution in [0.4, 0.5) is 35.1 Å². The van der Waals surface area contributed by atoms with Gasteiger partial charge in [-0.3, -0.25) is 0 Å². The molecule has 0 aliphatic carbocycles. The highest BCUT2D eigenvalue weighted by Gasteiger charge is 2.42. The van der Waals surface area contributed by atoms with Gasteiger partial charge in [0.1, 0.15) is 28.8 Å². The monoisotopic (exact) mass is 530 g/mol. The van der Waals surface area contributed by atoms with Gasteiger partial charge in [0.25, 0.3) is 0 Å². The van der Waals surface area contributed by atoms with Crippen LogP contribution in [0, 0.1) is 47.7 Å². The second-order valence-corrected chi connectivity index (χ2v) is 8.96. The van der Waals surface area contributed by atoms with Crippen LogP contribution in [0.15, 0.2) is 36.4 Å². The van der Waals surface area contributed by atoms with E-state index in [1.54, 1.807) is 0 Å². The quantitative estimate of drug-likeness (QED) is 0.235. The van der Waals surface area contributed by atoms with E-state index < -0.39 is 57.9 Å². The molecule has 4 rings (SSSR count). The number of benzene rings is 3. The summed E-state index contributed by atoms with van der Waals surface area (Å²) < 4.78 is 124. The van der Waals surface area contributed by atoms with Gasteiger partial charge in [-0.15, -0.1) is 0 Å². The van der Waals surface area contributed by atoms with Crippen molar-refractivity contribution in [1.82, 2.24) is 0 Å². The van der Waals surface area contributed by atoms with Gasteiger partial charge in [-0.25, -0.2) is 26.3 Å². The van der Waals surface area contributed by atoms with Crippen molar-refractivity contribution in [3.05, 3.63) is 88.0 Å². The molecule has 0 saturated carbocycles. The van der Waals surface area contributed by atoms with Crippen LogP contribution in [0.3, 0.4) is 0 Å². The van der Waals surface area contributed by atoms with Crippen molar-refractivity contribution in [3.63, 3.8) is 0 Å². The van der Waals surface area contributed by atoms with Crippen LogP contribution in [0.25, 0.3) is 11.1 Å². The van der Waals surface area contributed by atoms with E-state index in [0.29, 0.717) is 36.6 Å². The molecule has 1 fully saturated rings. The first-order chi connectivity index (χ1) is 17.4. The van der Waals surface area contributed by atoms with E-state index in [0.717, 1.165) is 19.8 Å². The number of ether oxygens (including phenoxy) is 2. The Kier molecular flexibility index (Phi) is 7.50. The van der Waals surface area contributed by atoms with Gasteiger partial charge in [-0.1, -0.05) is 25.5 Å². The summed E-state index contributed by atoms with van der Waals surface area (Å²) in [5.74, 6) is -10.7. The van der Waals surface area contributed by atoms with Crippen LogP contribution >= 0.6 is 0 Å². The minimum atomic E-state index is -4.74. The highest BCUT2D eigenvalue weighted by atomic mass is 19.3. The van der Waals surface area contributed by atoms with Gasteiger partial charge in [0, 0.05) is 17.2 Å². The Balaban J connectivity index is 1.62. The normalized spacial score (nSPS) is 18.2. The lowest BCUT2D eigenvalue weighted by Crippen LogP contribution is -2.26. The summed E-state index contributed by atoms with van der Waals surface area (Å²) in [5.41, 5.74) is -2.74. The van der Waals surface area contributed by atoms with Crippen LogP contribution in [0.1, 0.15) is 49.0 Å². The van der Waals surface area contributed by atoms with Crippen molar-refractivity contribution in [2.24, 2.45) is 5.92 Å². The maximum absolute atomic E-state index is 14.9. The van der Waals surface area contributed by atoms with E-state index >= 15 is 0 Å². The number of alkyl halides is 2. The third-order valence-electron chi connectivity index (χ3n) is 6.55. The van der Waals surface area contributed by atoms with E-state index in [9.17, 15) is 35.1 Å². The van der Waals surface area contributed by atoms with Gasteiger partial charge in [0.15, 0.2) is 17.5 Å². The average molecular weight is 530 g/mol. The molecule has 0 amide bonds. The van der Waals surface area contributed by atoms with Gasteiger partial charge in [-0.05, 0) is 55.0 Å². The Morgan fingerprint density at radius 3 is 2.11 bits per heavy atom. The number of hydrogen-bond donors (Lipinski definition) is 0. The van der Waals surface area contributed by atoms with E-state index in [2.05, 4.69) is 11.7 Å². The Morgan fingerprint density at radius 2 is 1.54 bits per heavy atom. The third kappa shape index (κ3) is 5.30. The molecule has 1 aliphatic heterocycles. The molecule has 0 spiro atoms. The first kappa shape index (κ1) is 26.9. The fraction of sp³-hybridized carbons (Fsp3) is 0.333. The van der Waals surface area contributed by atoms with Crippen molar-refractivity contribution in [2.45, 2.75) is 45.3 Å². The topological polar surface area (TPSA) is 18.5 Å². The molecule has 2 nitrogen and oxygen atoms in total. The van der Waals surface area contributed by atoms with Gasteiger partial charge >= 0.3 is 6.11 Å². The molecule has 198 valence electrons. The van der Waals surface area contributed by atoms with Crippen LogP contribution in [0.2, 0.25) is 0 Å². The standard InChI is InChI=1S/C27H22F8O2/c1-3-14-4-7-22(36-12-14)15-5-6-17(18(28)8-15)16-9-19(29)24(20(30)10-16)27(34,35)37-23-11-21(31)26(33)25(32)13(23)2/h5-6,8-11,14,22H,3-4,7,12H2,1-2H3. The van der Waals surface area contributed by atoms with Crippen molar-refractivity contribution in [1.29, 1.82) is 0 Å². The maximum Gasteiger partial charge on any atom is 0.432 e. The minimum Gasteiger partial charge on any atom is -0.428 e. The zero-order valence-corrected chi connectivity index (χ0v) is 19.8. The Morgan fingerprint density at radius 1 is 0.865 bits per heavy atom. The van der Waals surface area contributed by atoms with Crippen LogP contribution < -0.4 is 4.74 Å². The van der Waals surface area contributed by atoms with Crippen LogP contribution in [0.5, 0.6) is 5.75 Å². The maximum atomic E-state index is 14.9. The predicted octanol–water partition coefficient (Wildman–Crippen LogP) is 8.50. The lowest BCUT2D eigenvalue weighted by atomic mass is 9.92. The van der Waals surface area contributed by atoms with E-state index in [-0.39, 0.29) is 23.3 Å². The van der Waals surface area contributed by atoms with Gasteiger partial charge < -0.3 is 9.47 Å². The molecule has 1 saturated heterocycles. The molecular formula is C27H22F8O2. The minimum absolute atomic E-state index is 0.140. The Labute approximate surface area is 207 Å². The van der Waals surface area contributed by atoms with Gasteiger partial charge in [-0.2, -0.15) is 8.78 Å². The molecule has 2 atom stereocenters. The summed E-state index contributed by atoms with van der Waals surface area (Å²) in [6.45, 7) is 3.42. The smallest absolute Gasteiger partial charge is 0.428 e. The second kappa shape index (κ2) is 10.3. The molecule has 3 aromatic carbocycles. The van der Waals surface area contributed by atoms with E-state index in [1.165, 1.54) is 18.2 Å². The van der Waals surface area contributed by atoms with Gasteiger partial charge in [0.05, 0.1) is 12.7 Å². The number of rotatable bonds is 6. The predicted molar refractivity (Wildman–Crippen MR) is 119 cm³/mol. The summed E-state index contributed by atoms with van der Waals surface area (Å²) in [4.78, 5) is 0. The van der Waals surface area contributed by atoms with Crippen molar-refractivity contribution in [2.75, 3.05) is 6.61 Å². The molecule has 37 heavy (non-hydrogen) atoms. The fourth-order valence-corrected chi connectivity index (χ4v) is 4.32. The van der Waals surface area contributed by atoms with Crippen molar-refractivity contribution >= 4 is 0 Å². The average Bonchev–Trinajstić information content (AvgIpc) is 2.85. The molecule has 0 N–H and O–H groups in total. The Bertz CT molecular complexity index is 1290. The summed E-state index contributed by atoms with van der Waals surface area (Å²) >= 11 is 0. The highest BCUT2D eigenvalue weighted by molar-refractivity contribution is 5.65. The number of halogens is 8. The molecule has 2 unspecified atom stereocenters. The van der Waals surface area contributed by atoms with Crippen LogP contribution in [-0.2, 0) is 10.8 Å². The zero-order valence-electron chi connectivity index (χ0n) is 19.8. The molecule has 0 bridgehead atoms. The molecular weight excluding hydrogens is 508 g/mol. The fourth-order valence-electron chi connectivity index (χ4n) is 4.32.